The van der Waals surface area contributed by atoms with Gasteiger partial charge >= 0.3 is 0 Å². The number of rotatable bonds is 5. The molecule has 0 aromatic carbocycles. The molecule has 1 N–H and O–H groups in total. The van der Waals surface area contributed by atoms with Gasteiger partial charge in [-0.2, -0.15) is 0 Å². The predicted octanol–water partition coefficient (Wildman–Crippen LogP) is 1.53. The van der Waals surface area contributed by atoms with E-state index in [1.165, 1.54) is 30.2 Å². The molecule has 2 aromatic heterocycles. The standard InChI is InChI=1S/C16H17N5O4S/c22-13-2-3-14(17-10-13)19-5-7-20(8-6-19)16(23)11-26-15-4-1-12(9-18-15)21(24)25/h1-4,9-10,22H,5-8,11H2. The molecule has 2 aromatic rings. The van der Waals surface area contributed by atoms with Gasteiger partial charge in [-0.05, 0) is 18.2 Å². The summed E-state index contributed by atoms with van der Waals surface area (Å²) in [5.41, 5.74) is -0.0698. The fourth-order valence-electron chi connectivity index (χ4n) is 2.54. The Kier molecular flexibility index (Phi) is 5.52. The topological polar surface area (TPSA) is 113 Å². The molecule has 0 spiro atoms. The van der Waals surface area contributed by atoms with Crippen LogP contribution in [0.3, 0.4) is 0 Å². The van der Waals surface area contributed by atoms with Crippen molar-refractivity contribution in [3.8, 4) is 5.75 Å². The molecular formula is C16H17N5O4S. The Bertz CT molecular complexity index is 776. The van der Waals surface area contributed by atoms with Crippen LogP contribution >= 0.6 is 11.8 Å². The maximum atomic E-state index is 12.3. The number of nitro groups is 1. The van der Waals surface area contributed by atoms with E-state index in [2.05, 4.69) is 14.9 Å². The molecule has 0 saturated carbocycles. The zero-order chi connectivity index (χ0) is 18.5. The molecule has 1 aliphatic rings. The average molecular weight is 375 g/mol. The van der Waals surface area contributed by atoms with E-state index in [1.54, 1.807) is 23.1 Å². The average Bonchev–Trinajstić information content (AvgIpc) is 2.67. The van der Waals surface area contributed by atoms with E-state index >= 15 is 0 Å². The van der Waals surface area contributed by atoms with Gasteiger partial charge in [0.2, 0.25) is 5.91 Å². The molecule has 9 nitrogen and oxygen atoms in total. The van der Waals surface area contributed by atoms with Gasteiger partial charge < -0.3 is 14.9 Å². The SMILES string of the molecule is O=C(CSc1ccc([N+](=O)[O-])cn1)N1CCN(c2ccc(O)cn2)CC1. The number of piperazine rings is 1. The highest BCUT2D eigenvalue weighted by molar-refractivity contribution is 7.99. The van der Waals surface area contributed by atoms with Gasteiger partial charge in [0.05, 0.1) is 21.9 Å². The van der Waals surface area contributed by atoms with E-state index in [9.17, 15) is 20.0 Å². The molecule has 26 heavy (non-hydrogen) atoms. The molecule has 0 atom stereocenters. The van der Waals surface area contributed by atoms with Crippen molar-refractivity contribution < 1.29 is 14.8 Å². The highest BCUT2D eigenvalue weighted by Gasteiger charge is 2.22. The maximum Gasteiger partial charge on any atom is 0.287 e. The van der Waals surface area contributed by atoms with E-state index in [-0.39, 0.29) is 23.1 Å². The number of amides is 1. The maximum absolute atomic E-state index is 12.3. The molecule has 10 heteroatoms. The third-order valence-corrected chi connectivity index (χ3v) is 4.89. The van der Waals surface area contributed by atoms with Crippen LogP contribution in [0, 0.1) is 10.1 Å². The van der Waals surface area contributed by atoms with Crippen molar-refractivity contribution in [3.05, 3.63) is 46.8 Å². The van der Waals surface area contributed by atoms with E-state index in [0.29, 0.717) is 31.2 Å². The number of aromatic hydroxyl groups is 1. The van der Waals surface area contributed by atoms with E-state index < -0.39 is 4.92 Å². The Morgan fingerprint density at radius 3 is 2.50 bits per heavy atom. The molecule has 3 heterocycles. The van der Waals surface area contributed by atoms with Gasteiger partial charge in [-0.15, -0.1) is 0 Å². The summed E-state index contributed by atoms with van der Waals surface area (Å²) in [6, 6.07) is 6.27. The number of carbonyl (C=O) groups is 1. The largest absolute Gasteiger partial charge is 0.506 e. The molecule has 3 rings (SSSR count). The molecule has 0 radical (unpaired) electrons. The first kappa shape index (κ1) is 17.9. The lowest BCUT2D eigenvalue weighted by Gasteiger charge is -2.35. The smallest absolute Gasteiger partial charge is 0.287 e. The molecule has 1 saturated heterocycles. The number of hydrogen-bond donors (Lipinski definition) is 1. The van der Waals surface area contributed by atoms with Crippen molar-refractivity contribution >= 4 is 29.2 Å². The Hall–Kier alpha value is -2.88. The summed E-state index contributed by atoms with van der Waals surface area (Å²) in [4.78, 5) is 34.5. The van der Waals surface area contributed by atoms with Gasteiger partial charge in [0, 0.05) is 32.2 Å². The molecule has 0 unspecified atom stereocenters. The molecule has 136 valence electrons. The molecule has 0 bridgehead atoms. The van der Waals surface area contributed by atoms with Gasteiger partial charge in [0.1, 0.15) is 17.8 Å². The second-order valence-electron chi connectivity index (χ2n) is 5.64. The van der Waals surface area contributed by atoms with Crippen molar-refractivity contribution in [1.29, 1.82) is 0 Å². The lowest BCUT2D eigenvalue weighted by atomic mass is 10.3. The fraction of sp³-hybridized carbons (Fsp3) is 0.312. The van der Waals surface area contributed by atoms with E-state index in [0.717, 1.165) is 5.82 Å². The predicted molar refractivity (Wildman–Crippen MR) is 96.3 cm³/mol. The Balaban J connectivity index is 1.47. The zero-order valence-electron chi connectivity index (χ0n) is 13.8. The van der Waals surface area contributed by atoms with Gasteiger partial charge in [-0.3, -0.25) is 14.9 Å². The number of pyridine rings is 2. The first-order valence-corrected chi connectivity index (χ1v) is 8.92. The molecule has 1 fully saturated rings. The molecule has 0 aliphatic carbocycles. The van der Waals surface area contributed by atoms with E-state index in [1.807, 2.05) is 0 Å². The van der Waals surface area contributed by atoms with Crippen LogP contribution in [0.4, 0.5) is 11.5 Å². The van der Waals surface area contributed by atoms with Crippen LogP contribution in [-0.4, -0.2) is 62.7 Å². The minimum Gasteiger partial charge on any atom is -0.506 e. The van der Waals surface area contributed by atoms with Crippen molar-refractivity contribution in [2.24, 2.45) is 0 Å². The number of thioether (sulfide) groups is 1. The van der Waals surface area contributed by atoms with Gasteiger partial charge in [-0.1, -0.05) is 11.8 Å². The normalized spacial score (nSPS) is 14.3. The molecular weight excluding hydrogens is 358 g/mol. The van der Waals surface area contributed by atoms with Crippen LogP contribution in [-0.2, 0) is 4.79 Å². The zero-order valence-corrected chi connectivity index (χ0v) is 14.6. The second-order valence-corrected chi connectivity index (χ2v) is 6.64. The summed E-state index contributed by atoms with van der Waals surface area (Å²) in [6.07, 6.45) is 2.59. The Morgan fingerprint density at radius 2 is 1.92 bits per heavy atom. The van der Waals surface area contributed by atoms with Crippen LogP contribution in [0.25, 0.3) is 0 Å². The second kappa shape index (κ2) is 8.00. The molecule has 1 aliphatic heterocycles. The van der Waals surface area contributed by atoms with Crippen LogP contribution < -0.4 is 4.90 Å². The molecule has 1 amide bonds. The number of anilines is 1. The van der Waals surface area contributed by atoms with E-state index in [4.69, 9.17) is 0 Å². The van der Waals surface area contributed by atoms with Crippen molar-refractivity contribution in [2.75, 3.05) is 36.8 Å². The first-order valence-electron chi connectivity index (χ1n) is 7.94. The van der Waals surface area contributed by atoms with Crippen LogP contribution in [0.15, 0.2) is 41.7 Å². The summed E-state index contributed by atoms with van der Waals surface area (Å²) < 4.78 is 0. The van der Waals surface area contributed by atoms with Crippen LogP contribution in [0.2, 0.25) is 0 Å². The number of hydrogen-bond acceptors (Lipinski definition) is 8. The lowest BCUT2D eigenvalue weighted by molar-refractivity contribution is -0.385. The number of nitrogens with zero attached hydrogens (tertiary/aromatic N) is 5. The Labute approximate surface area is 153 Å². The third-order valence-electron chi connectivity index (χ3n) is 3.96. The summed E-state index contributed by atoms with van der Waals surface area (Å²) in [6.45, 7) is 2.53. The minimum absolute atomic E-state index is 0.00784. The summed E-state index contributed by atoms with van der Waals surface area (Å²) in [5, 5.41) is 20.5. The summed E-state index contributed by atoms with van der Waals surface area (Å²) in [7, 11) is 0. The monoisotopic (exact) mass is 375 g/mol. The quantitative estimate of drug-likeness (QED) is 0.476. The Morgan fingerprint density at radius 1 is 1.15 bits per heavy atom. The summed E-state index contributed by atoms with van der Waals surface area (Å²) >= 11 is 1.26. The summed E-state index contributed by atoms with van der Waals surface area (Å²) in [5.74, 6) is 1.15. The van der Waals surface area contributed by atoms with Gasteiger partial charge in [0.15, 0.2) is 0 Å². The van der Waals surface area contributed by atoms with Crippen molar-refractivity contribution in [2.45, 2.75) is 5.03 Å². The van der Waals surface area contributed by atoms with Crippen molar-refractivity contribution in [3.63, 3.8) is 0 Å². The number of aromatic nitrogens is 2. The first-order chi connectivity index (χ1) is 12.5. The number of carbonyl (C=O) groups excluding carboxylic acids is 1. The lowest BCUT2D eigenvalue weighted by Crippen LogP contribution is -2.49. The minimum atomic E-state index is -0.505. The van der Waals surface area contributed by atoms with Crippen LogP contribution in [0.1, 0.15) is 0 Å². The van der Waals surface area contributed by atoms with Gasteiger partial charge in [0.25, 0.3) is 5.69 Å². The highest BCUT2D eigenvalue weighted by Crippen LogP contribution is 2.20. The van der Waals surface area contributed by atoms with Crippen LogP contribution in [0.5, 0.6) is 5.75 Å². The van der Waals surface area contributed by atoms with Gasteiger partial charge in [-0.25, -0.2) is 9.97 Å². The fourth-order valence-corrected chi connectivity index (χ4v) is 3.29. The third kappa shape index (κ3) is 4.39. The highest BCUT2D eigenvalue weighted by atomic mass is 32.2. The van der Waals surface area contributed by atoms with Crippen molar-refractivity contribution in [1.82, 2.24) is 14.9 Å².